The molecule has 1 aromatic rings. The molecule has 0 aliphatic carbocycles. The van der Waals surface area contributed by atoms with Crippen molar-refractivity contribution in [1.29, 1.82) is 0 Å². The molecule has 0 radical (unpaired) electrons. The zero-order valence-corrected chi connectivity index (χ0v) is 15.9. The number of carbonyl (C=O) groups is 2. The molecule has 0 bridgehead atoms. The van der Waals surface area contributed by atoms with Gasteiger partial charge in [0.1, 0.15) is 6.54 Å². The molecule has 1 heterocycles. The standard InChI is InChI=1S/C17H21ClF3N3O4/c1-11(17(19,20)21)28-16(27)24-6-4-23(5-7-24)10-12-2-3-13(18)8-14(12)22-9-15(25)26/h2-3,8,11,22H,4-7,9-10H2,1H3,(H,25,26). The fourth-order valence-corrected chi connectivity index (χ4v) is 2.82. The predicted molar refractivity (Wildman–Crippen MR) is 96.4 cm³/mol. The topological polar surface area (TPSA) is 82.1 Å². The van der Waals surface area contributed by atoms with Gasteiger partial charge >= 0.3 is 18.2 Å². The van der Waals surface area contributed by atoms with Gasteiger partial charge < -0.3 is 20.1 Å². The second-order valence-electron chi connectivity index (χ2n) is 6.38. The monoisotopic (exact) mass is 423 g/mol. The highest BCUT2D eigenvalue weighted by Crippen LogP contribution is 2.24. The van der Waals surface area contributed by atoms with Crippen LogP contribution < -0.4 is 5.32 Å². The zero-order chi connectivity index (χ0) is 20.9. The van der Waals surface area contributed by atoms with Crippen LogP contribution in [0.4, 0.5) is 23.7 Å². The first kappa shape index (κ1) is 22.1. The molecule has 1 amide bonds. The van der Waals surface area contributed by atoms with Crippen LogP contribution in [0.5, 0.6) is 0 Å². The van der Waals surface area contributed by atoms with Crippen molar-refractivity contribution in [2.24, 2.45) is 0 Å². The Morgan fingerprint density at radius 1 is 1.29 bits per heavy atom. The SMILES string of the molecule is CC(OC(=O)N1CCN(Cc2ccc(Cl)cc2NCC(=O)O)CC1)C(F)(F)F. The number of carboxylic acids is 1. The average Bonchev–Trinajstić information content (AvgIpc) is 2.61. The Balaban J connectivity index is 1.90. The maximum Gasteiger partial charge on any atom is 0.425 e. The van der Waals surface area contributed by atoms with E-state index in [-0.39, 0.29) is 19.6 Å². The number of benzene rings is 1. The van der Waals surface area contributed by atoms with Crippen LogP contribution in [0.1, 0.15) is 12.5 Å². The van der Waals surface area contributed by atoms with Gasteiger partial charge in [0.2, 0.25) is 0 Å². The van der Waals surface area contributed by atoms with Gasteiger partial charge in [0.25, 0.3) is 0 Å². The quantitative estimate of drug-likeness (QED) is 0.732. The van der Waals surface area contributed by atoms with Crippen LogP contribution in [0.3, 0.4) is 0 Å². The Kier molecular flexibility index (Phi) is 7.36. The van der Waals surface area contributed by atoms with E-state index >= 15 is 0 Å². The number of nitrogens with one attached hydrogen (secondary N) is 1. The molecule has 1 fully saturated rings. The molecule has 1 unspecified atom stereocenters. The maximum atomic E-state index is 12.5. The minimum absolute atomic E-state index is 0.231. The van der Waals surface area contributed by atoms with Gasteiger partial charge in [-0.25, -0.2) is 4.79 Å². The Hall–Kier alpha value is -2.20. The van der Waals surface area contributed by atoms with E-state index in [0.29, 0.717) is 30.3 Å². The molecule has 1 aliphatic heterocycles. The Morgan fingerprint density at radius 3 is 2.50 bits per heavy atom. The van der Waals surface area contributed by atoms with Crippen LogP contribution in [0, 0.1) is 0 Å². The Morgan fingerprint density at radius 2 is 1.93 bits per heavy atom. The number of rotatable bonds is 6. The summed E-state index contributed by atoms with van der Waals surface area (Å²) in [5.41, 5.74) is 1.42. The molecule has 2 rings (SSSR count). The van der Waals surface area contributed by atoms with Crippen molar-refractivity contribution < 1.29 is 32.6 Å². The highest BCUT2D eigenvalue weighted by Gasteiger charge is 2.40. The number of halogens is 4. The van der Waals surface area contributed by atoms with Crippen molar-refractivity contribution in [3.63, 3.8) is 0 Å². The first-order chi connectivity index (χ1) is 13.1. The number of alkyl halides is 3. The lowest BCUT2D eigenvalue weighted by Gasteiger charge is -2.35. The van der Waals surface area contributed by atoms with E-state index in [9.17, 15) is 22.8 Å². The number of ether oxygens (including phenoxy) is 1. The molecule has 1 aromatic carbocycles. The molecule has 0 spiro atoms. The summed E-state index contributed by atoms with van der Waals surface area (Å²) in [7, 11) is 0. The molecule has 11 heteroatoms. The smallest absolute Gasteiger partial charge is 0.425 e. The van der Waals surface area contributed by atoms with E-state index in [1.807, 2.05) is 4.90 Å². The van der Waals surface area contributed by atoms with E-state index in [0.717, 1.165) is 12.5 Å². The van der Waals surface area contributed by atoms with Crippen LogP contribution in [-0.4, -0.2) is 72.0 Å². The van der Waals surface area contributed by atoms with Gasteiger partial charge in [-0.2, -0.15) is 13.2 Å². The first-order valence-corrected chi connectivity index (χ1v) is 8.93. The summed E-state index contributed by atoms with van der Waals surface area (Å²) in [4.78, 5) is 25.9. The summed E-state index contributed by atoms with van der Waals surface area (Å²) in [5.74, 6) is -1.01. The fourth-order valence-electron chi connectivity index (χ4n) is 2.64. The van der Waals surface area contributed by atoms with Crippen molar-refractivity contribution in [3.8, 4) is 0 Å². The molecule has 1 atom stereocenters. The minimum Gasteiger partial charge on any atom is -0.480 e. The number of hydrogen-bond acceptors (Lipinski definition) is 5. The average molecular weight is 424 g/mol. The van der Waals surface area contributed by atoms with Crippen LogP contribution in [-0.2, 0) is 16.1 Å². The molecule has 2 N–H and O–H groups in total. The third-order valence-corrected chi connectivity index (χ3v) is 4.50. The lowest BCUT2D eigenvalue weighted by Crippen LogP contribution is -2.49. The van der Waals surface area contributed by atoms with Gasteiger partial charge in [0, 0.05) is 43.4 Å². The highest BCUT2D eigenvalue weighted by atomic mass is 35.5. The summed E-state index contributed by atoms with van der Waals surface area (Å²) in [6.45, 7) is 2.35. The number of aliphatic carboxylic acids is 1. The van der Waals surface area contributed by atoms with Crippen molar-refractivity contribution >= 4 is 29.4 Å². The lowest BCUT2D eigenvalue weighted by molar-refractivity contribution is -0.200. The largest absolute Gasteiger partial charge is 0.480 e. The summed E-state index contributed by atoms with van der Waals surface area (Å²) in [6.07, 6.45) is -7.74. The Bertz CT molecular complexity index is 709. The summed E-state index contributed by atoms with van der Waals surface area (Å²) >= 11 is 5.96. The van der Waals surface area contributed by atoms with Crippen LogP contribution in [0.2, 0.25) is 5.02 Å². The van der Waals surface area contributed by atoms with Gasteiger partial charge in [-0.15, -0.1) is 0 Å². The number of nitrogens with zero attached hydrogens (tertiary/aromatic N) is 2. The fraction of sp³-hybridized carbons (Fsp3) is 0.529. The van der Waals surface area contributed by atoms with E-state index in [1.54, 1.807) is 18.2 Å². The molecule has 28 heavy (non-hydrogen) atoms. The first-order valence-electron chi connectivity index (χ1n) is 8.55. The molecule has 0 aromatic heterocycles. The number of carbonyl (C=O) groups excluding carboxylic acids is 1. The number of piperazine rings is 1. The lowest BCUT2D eigenvalue weighted by atomic mass is 10.1. The third kappa shape index (κ3) is 6.45. The normalized spacial score (nSPS) is 16.5. The second kappa shape index (κ2) is 9.33. The molecule has 0 saturated carbocycles. The van der Waals surface area contributed by atoms with Gasteiger partial charge in [-0.05, 0) is 24.6 Å². The van der Waals surface area contributed by atoms with Gasteiger partial charge in [-0.3, -0.25) is 9.69 Å². The van der Waals surface area contributed by atoms with Gasteiger partial charge in [0.15, 0.2) is 6.10 Å². The number of anilines is 1. The van der Waals surface area contributed by atoms with E-state index in [2.05, 4.69) is 10.1 Å². The van der Waals surface area contributed by atoms with E-state index in [1.165, 1.54) is 4.90 Å². The molecule has 1 aliphatic rings. The molecule has 7 nitrogen and oxygen atoms in total. The van der Waals surface area contributed by atoms with E-state index < -0.39 is 24.3 Å². The molecule has 1 saturated heterocycles. The molecule has 156 valence electrons. The molecular formula is C17H21ClF3N3O4. The van der Waals surface area contributed by atoms with Crippen LogP contribution in [0.25, 0.3) is 0 Å². The second-order valence-corrected chi connectivity index (χ2v) is 6.82. The molecular weight excluding hydrogens is 403 g/mol. The number of amides is 1. The zero-order valence-electron chi connectivity index (χ0n) is 15.1. The van der Waals surface area contributed by atoms with Crippen LogP contribution in [0.15, 0.2) is 18.2 Å². The third-order valence-electron chi connectivity index (χ3n) is 4.26. The highest BCUT2D eigenvalue weighted by molar-refractivity contribution is 6.30. The maximum absolute atomic E-state index is 12.5. The summed E-state index contributed by atoms with van der Waals surface area (Å²) < 4.78 is 42.0. The van der Waals surface area contributed by atoms with Crippen molar-refractivity contribution in [2.45, 2.75) is 25.7 Å². The van der Waals surface area contributed by atoms with Crippen LogP contribution >= 0.6 is 11.6 Å². The van der Waals surface area contributed by atoms with Crippen molar-refractivity contribution in [3.05, 3.63) is 28.8 Å². The Labute approximate surface area is 165 Å². The van der Waals surface area contributed by atoms with Gasteiger partial charge in [0.05, 0.1) is 0 Å². The van der Waals surface area contributed by atoms with Crippen molar-refractivity contribution in [1.82, 2.24) is 9.80 Å². The van der Waals surface area contributed by atoms with E-state index in [4.69, 9.17) is 16.7 Å². The van der Waals surface area contributed by atoms with Gasteiger partial charge in [-0.1, -0.05) is 17.7 Å². The minimum atomic E-state index is -4.59. The number of carboxylic acid groups (broad SMARTS) is 1. The van der Waals surface area contributed by atoms with Crippen molar-refractivity contribution in [2.75, 3.05) is 38.0 Å². The number of hydrogen-bond donors (Lipinski definition) is 2. The predicted octanol–water partition coefficient (Wildman–Crippen LogP) is 3.04. The summed E-state index contributed by atoms with van der Waals surface area (Å²) in [5, 5.41) is 12.1. The summed E-state index contributed by atoms with van der Waals surface area (Å²) in [6, 6.07) is 5.10.